The monoisotopic (exact) mass is 388 g/mol. The summed E-state index contributed by atoms with van der Waals surface area (Å²) in [5.74, 6) is 0.251. The van der Waals surface area contributed by atoms with Gasteiger partial charge in [-0.3, -0.25) is 4.79 Å². The standard InChI is InChI=1S/C23H20N2O4/c1-17-7-11-19(12-8-17)23(27)29-21-13-9-18(10-14-21)15-24-25-22(26)16-28-20-5-3-2-4-6-20/h2-15H,16H2,1H3,(H,25,26)/b24-15-. The Kier molecular flexibility index (Phi) is 6.73. The van der Waals surface area contributed by atoms with Crippen molar-refractivity contribution in [1.29, 1.82) is 0 Å². The van der Waals surface area contributed by atoms with Gasteiger partial charge in [0, 0.05) is 0 Å². The van der Waals surface area contributed by atoms with Crippen molar-refractivity contribution in [3.63, 3.8) is 0 Å². The third kappa shape index (κ3) is 6.32. The zero-order chi connectivity index (χ0) is 20.5. The fraction of sp³-hybridized carbons (Fsp3) is 0.0870. The highest BCUT2D eigenvalue weighted by atomic mass is 16.5. The van der Waals surface area contributed by atoms with Crippen LogP contribution in [-0.4, -0.2) is 24.7 Å². The Hall–Kier alpha value is -3.93. The lowest BCUT2D eigenvalue weighted by Crippen LogP contribution is -2.24. The molecule has 0 fully saturated rings. The molecular formula is C23H20N2O4. The number of hydrazone groups is 1. The normalized spacial score (nSPS) is 10.5. The molecule has 6 nitrogen and oxygen atoms in total. The number of benzene rings is 3. The molecule has 1 amide bonds. The zero-order valence-corrected chi connectivity index (χ0v) is 15.9. The fourth-order valence-electron chi connectivity index (χ4n) is 2.35. The molecule has 0 aromatic heterocycles. The first-order valence-electron chi connectivity index (χ1n) is 8.99. The number of hydrogen-bond acceptors (Lipinski definition) is 5. The number of ether oxygens (including phenoxy) is 2. The number of aryl methyl sites for hydroxylation is 1. The molecule has 0 aliphatic heterocycles. The Balaban J connectivity index is 1.46. The van der Waals surface area contributed by atoms with Crippen molar-refractivity contribution in [2.45, 2.75) is 6.92 Å². The molecule has 0 heterocycles. The van der Waals surface area contributed by atoms with Gasteiger partial charge in [-0.15, -0.1) is 0 Å². The van der Waals surface area contributed by atoms with E-state index in [2.05, 4.69) is 10.5 Å². The van der Waals surface area contributed by atoms with Crippen molar-refractivity contribution in [2.75, 3.05) is 6.61 Å². The van der Waals surface area contributed by atoms with E-state index in [0.717, 1.165) is 11.1 Å². The summed E-state index contributed by atoms with van der Waals surface area (Å²) in [6.07, 6.45) is 1.49. The van der Waals surface area contributed by atoms with Crippen LogP contribution in [0, 0.1) is 6.92 Å². The van der Waals surface area contributed by atoms with E-state index in [0.29, 0.717) is 17.1 Å². The summed E-state index contributed by atoms with van der Waals surface area (Å²) in [7, 11) is 0. The number of hydrogen-bond donors (Lipinski definition) is 1. The van der Waals surface area contributed by atoms with E-state index in [1.165, 1.54) is 6.21 Å². The summed E-state index contributed by atoms with van der Waals surface area (Å²) in [5, 5.41) is 3.89. The van der Waals surface area contributed by atoms with Gasteiger partial charge in [0.2, 0.25) is 0 Å². The van der Waals surface area contributed by atoms with E-state index in [4.69, 9.17) is 9.47 Å². The first kappa shape index (κ1) is 19.8. The second-order valence-corrected chi connectivity index (χ2v) is 6.22. The number of rotatable bonds is 7. The van der Waals surface area contributed by atoms with Gasteiger partial charge in [0.25, 0.3) is 5.91 Å². The van der Waals surface area contributed by atoms with Crippen LogP contribution in [0.15, 0.2) is 84.0 Å². The molecule has 3 aromatic carbocycles. The minimum absolute atomic E-state index is 0.130. The third-order valence-corrected chi connectivity index (χ3v) is 3.89. The molecule has 3 aromatic rings. The summed E-state index contributed by atoms with van der Waals surface area (Å²) in [6.45, 7) is 1.82. The topological polar surface area (TPSA) is 77.0 Å². The lowest BCUT2D eigenvalue weighted by atomic mass is 10.1. The molecule has 0 saturated carbocycles. The molecule has 0 saturated heterocycles. The Morgan fingerprint density at radius 1 is 0.897 bits per heavy atom. The first-order valence-corrected chi connectivity index (χ1v) is 8.99. The Morgan fingerprint density at radius 2 is 1.59 bits per heavy atom. The predicted molar refractivity (Wildman–Crippen MR) is 110 cm³/mol. The van der Waals surface area contributed by atoms with Crippen LogP contribution >= 0.6 is 0 Å². The minimum atomic E-state index is -0.419. The Bertz CT molecular complexity index is 982. The largest absolute Gasteiger partial charge is 0.484 e. The van der Waals surface area contributed by atoms with Crippen molar-refractivity contribution in [2.24, 2.45) is 5.10 Å². The van der Waals surface area contributed by atoms with Crippen LogP contribution in [0.5, 0.6) is 11.5 Å². The summed E-state index contributed by atoms with van der Waals surface area (Å²) < 4.78 is 10.7. The highest BCUT2D eigenvalue weighted by molar-refractivity contribution is 5.91. The molecule has 0 radical (unpaired) electrons. The predicted octanol–water partition coefficient (Wildman–Crippen LogP) is 3.74. The average Bonchev–Trinajstić information content (AvgIpc) is 2.75. The molecule has 0 atom stereocenters. The molecular weight excluding hydrogens is 368 g/mol. The number of nitrogens with zero attached hydrogens (tertiary/aromatic N) is 1. The van der Waals surface area contributed by atoms with Crippen molar-refractivity contribution in [1.82, 2.24) is 5.43 Å². The van der Waals surface area contributed by atoms with Gasteiger partial charge in [-0.1, -0.05) is 35.9 Å². The van der Waals surface area contributed by atoms with Crippen LogP contribution in [0.1, 0.15) is 21.5 Å². The molecule has 6 heteroatoms. The van der Waals surface area contributed by atoms with Gasteiger partial charge >= 0.3 is 5.97 Å². The molecule has 0 aliphatic rings. The van der Waals surface area contributed by atoms with Crippen molar-refractivity contribution >= 4 is 18.1 Å². The first-order chi connectivity index (χ1) is 14.1. The summed E-state index contributed by atoms with van der Waals surface area (Å²) in [4.78, 5) is 23.8. The van der Waals surface area contributed by atoms with Gasteiger partial charge in [0.15, 0.2) is 6.61 Å². The zero-order valence-electron chi connectivity index (χ0n) is 15.9. The van der Waals surface area contributed by atoms with Crippen molar-refractivity contribution in [3.05, 3.63) is 95.6 Å². The van der Waals surface area contributed by atoms with Crippen molar-refractivity contribution < 1.29 is 19.1 Å². The number of esters is 1. The second kappa shape index (κ2) is 9.85. The quantitative estimate of drug-likeness (QED) is 0.289. The van der Waals surface area contributed by atoms with E-state index >= 15 is 0 Å². The lowest BCUT2D eigenvalue weighted by Gasteiger charge is -2.05. The lowest BCUT2D eigenvalue weighted by molar-refractivity contribution is -0.123. The van der Waals surface area contributed by atoms with E-state index in [-0.39, 0.29) is 12.5 Å². The maximum atomic E-state index is 12.1. The van der Waals surface area contributed by atoms with Crippen LogP contribution in [0.4, 0.5) is 0 Å². The third-order valence-electron chi connectivity index (χ3n) is 3.89. The number of carbonyl (C=O) groups excluding carboxylic acids is 2. The minimum Gasteiger partial charge on any atom is -0.484 e. The SMILES string of the molecule is Cc1ccc(C(=O)Oc2ccc(/C=N\NC(=O)COc3ccccc3)cc2)cc1. The maximum absolute atomic E-state index is 12.1. The van der Waals surface area contributed by atoms with Crippen LogP contribution in [-0.2, 0) is 4.79 Å². The average molecular weight is 388 g/mol. The summed E-state index contributed by atoms with van der Waals surface area (Å²) in [6, 6.07) is 23.0. The number of nitrogens with one attached hydrogen (secondary N) is 1. The molecule has 146 valence electrons. The number of amides is 1. The molecule has 0 unspecified atom stereocenters. The van der Waals surface area contributed by atoms with Gasteiger partial charge in [-0.2, -0.15) is 5.10 Å². The molecule has 0 spiro atoms. The van der Waals surface area contributed by atoms with Crippen LogP contribution in [0.3, 0.4) is 0 Å². The fourth-order valence-corrected chi connectivity index (χ4v) is 2.35. The van der Waals surface area contributed by atoms with Gasteiger partial charge in [-0.05, 0) is 61.0 Å². The molecule has 0 aliphatic carbocycles. The van der Waals surface area contributed by atoms with Crippen LogP contribution < -0.4 is 14.9 Å². The maximum Gasteiger partial charge on any atom is 0.343 e. The van der Waals surface area contributed by atoms with Crippen LogP contribution in [0.2, 0.25) is 0 Å². The molecule has 3 rings (SSSR count). The summed E-state index contributed by atoms with van der Waals surface area (Å²) >= 11 is 0. The van der Waals surface area contributed by atoms with Gasteiger partial charge in [0.05, 0.1) is 11.8 Å². The van der Waals surface area contributed by atoms with Crippen LogP contribution in [0.25, 0.3) is 0 Å². The Morgan fingerprint density at radius 3 is 2.28 bits per heavy atom. The second-order valence-electron chi connectivity index (χ2n) is 6.22. The van der Waals surface area contributed by atoms with E-state index < -0.39 is 5.97 Å². The number of carbonyl (C=O) groups is 2. The molecule has 1 N–H and O–H groups in total. The van der Waals surface area contributed by atoms with E-state index in [1.54, 1.807) is 48.5 Å². The van der Waals surface area contributed by atoms with Gasteiger partial charge in [0.1, 0.15) is 11.5 Å². The van der Waals surface area contributed by atoms with E-state index in [9.17, 15) is 9.59 Å². The van der Waals surface area contributed by atoms with Gasteiger partial charge in [-0.25, -0.2) is 10.2 Å². The molecule has 29 heavy (non-hydrogen) atoms. The highest BCUT2D eigenvalue weighted by Gasteiger charge is 2.08. The van der Waals surface area contributed by atoms with Crippen molar-refractivity contribution in [3.8, 4) is 11.5 Å². The highest BCUT2D eigenvalue weighted by Crippen LogP contribution is 2.14. The van der Waals surface area contributed by atoms with E-state index in [1.807, 2.05) is 37.3 Å². The number of para-hydroxylation sites is 1. The summed E-state index contributed by atoms with van der Waals surface area (Å²) in [5.41, 5.74) is 4.70. The van der Waals surface area contributed by atoms with Gasteiger partial charge < -0.3 is 9.47 Å². The molecule has 0 bridgehead atoms. The Labute approximate surface area is 168 Å². The smallest absolute Gasteiger partial charge is 0.343 e.